The SMILES string of the molecule is CC(C)(C)OC(=O)OCSC(=NC(NC(=O)/C=C/c1ccccc1)C(Cl)(Cl)Cl)Nc1cccc2cccnc12.Cl. The average Bonchev–Trinajstić information content (AvgIpc) is 2.86. The van der Waals surface area contributed by atoms with Crippen LogP contribution in [0.2, 0.25) is 0 Å². The minimum Gasteiger partial charge on any atom is -0.429 e. The number of fused-ring (bicyclic) bond motifs is 1. The number of nitrogens with zero attached hydrogens (tertiary/aromatic N) is 2. The molecular weight excluding hydrogens is 618 g/mol. The number of anilines is 1. The van der Waals surface area contributed by atoms with Gasteiger partial charge in [-0.1, -0.05) is 83.3 Å². The van der Waals surface area contributed by atoms with Crippen molar-refractivity contribution in [2.24, 2.45) is 4.99 Å². The Bertz CT molecular complexity index is 1340. The van der Waals surface area contributed by atoms with Gasteiger partial charge in [0, 0.05) is 17.7 Å². The number of hydrogen-bond acceptors (Lipinski definition) is 7. The van der Waals surface area contributed by atoms with Crippen molar-refractivity contribution in [2.75, 3.05) is 11.3 Å². The summed E-state index contributed by atoms with van der Waals surface area (Å²) < 4.78 is 8.34. The van der Waals surface area contributed by atoms with Crippen LogP contribution in [0.3, 0.4) is 0 Å². The van der Waals surface area contributed by atoms with Gasteiger partial charge in [-0.05, 0) is 56.3 Å². The van der Waals surface area contributed by atoms with Gasteiger partial charge in [0.1, 0.15) is 11.5 Å². The van der Waals surface area contributed by atoms with Crippen molar-refractivity contribution < 1.29 is 19.1 Å². The number of nitrogens with one attached hydrogen (secondary N) is 2. The van der Waals surface area contributed by atoms with Gasteiger partial charge in [0.15, 0.2) is 11.3 Å². The van der Waals surface area contributed by atoms with Crippen molar-refractivity contribution in [1.82, 2.24) is 10.3 Å². The normalized spacial score (nSPS) is 12.9. The zero-order valence-electron chi connectivity index (χ0n) is 21.8. The zero-order chi connectivity index (χ0) is 28.5. The standard InChI is InChI=1S/C27H27Cl3N4O4S.ClH/c1-26(2,3)38-25(36)37-17-39-24(32-20-13-7-11-19-12-8-16-31-22(19)20)34-23(27(28,29)30)33-21(35)15-14-18-9-5-4-6-10-18;/h4-16,23H,17H2,1-3H3,(H,32,34)(H,33,35);1H/b15-14+;. The van der Waals surface area contributed by atoms with Crippen LogP contribution in [0.1, 0.15) is 26.3 Å². The molecule has 0 fully saturated rings. The highest BCUT2D eigenvalue weighted by Gasteiger charge is 2.34. The van der Waals surface area contributed by atoms with Gasteiger partial charge in [-0.3, -0.25) is 9.78 Å². The number of amides is 1. The molecule has 0 aliphatic heterocycles. The van der Waals surface area contributed by atoms with Crippen LogP contribution < -0.4 is 10.6 Å². The van der Waals surface area contributed by atoms with E-state index in [9.17, 15) is 9.59 Å². The third-order valence-electron chi connectivity index (χ3n) is 4.70. The molecule has 8 nitrogen and oxygen atoms in total. The Hall–Kier alpha value is -2.69. The summed E-state index contributed by atoms with van der Waals surface area (Å²) in [5, 5.41) is 6.83. The monoisotopic (exact) mass is 644 g/mol. The lowest BCUT2D eigenvalue weighted by Gasteiger charge is -2.23. The van der Waals surface area contributed by atoms with Crippen LogP contribution in [0.25, 0.3) is 17.0 Å². The Morgan fingerprint density at radius 2 is 1.75 bits per heavy atom. The Kier molecular flexibility index (Phi) is 12.9. The van der Waals surface area contributed by atoms with E-state index in [0.29, 0.717) is 11.2 Å². The molecule has 1 amide bonds. The van der Waals surface area contributed by atoms with E-state index in [1.54, 1.807) is 39.1 Å². The van der Waals surface area contributed by atoms with Gasteiger partial charge < -0.3 is 20.1 Å². The van der Waals surface area contributed by atoms with Gasteiger partial charge in [0.2, 0.25) is 9.70 Å². The molecule has 2 N–H and O–H groups in total. The minimum absolute atomic E-state index is 0. The number of aromatic nitrogens is 1. The summed E-state index contributed by atoms with van der Waals surface area (Å²) in [4.78, 5) is 33.6. The molecule has 1 aromatic heterocycles. The van der Waals surface area contributed by atoms with E-state index in [0.717, 1.165) is 22.7 Å². The summed E-state index contributed by atoms with van der Waals surface area (Å²) >= 11 is 19.6. The van der Waals surface area contributed by atoms with Crippen molar-refractivity contribution in [3.8, 4) is 0 Å². The number of amidine groups is 1. The van der Waals surface area contributed by atoms with Gasteiger partial charge in [0.05, 0.1) is 11.2 Å². The van der Waals surface area contributed by atoms with Crippen molar-refractivity contribution in [3.63, 3.8) is 0 Å². The zero-order valence-corrected chi connectivity index (χ0v) is 25.7. The Morgan fingerprint density at radius 1 is 1.05 bits per heavy atom. The minimum atomic E-state index is -2.01. The number of thioether (sulfide) groups is 1. The highest BCUT2D eigenvalue weighted by molar-refractivity contribution is 8.14. The molecule has 40 heavy (non-hydrogen) atoms. The van der Waals surface area contributed by atoms with E-state index in [2.05, 4.69) is 20.6 Å². The number of ether oxygens (including phenoxy) is 2. The summed E-state index contributed by atoms with van der Waals surface area (Å²) in [7, 11) is 0. The highest BCUT2D eigenvalue weighted by atomic mass is 35.6. The van der Waals surface area contributed by atoms with Crippen molar-refractivity contribution in [3.05, 3.63) is 78.5 Å². The maximum Gasteiger partial charge on any atom is 0.509 e. The van der Waals surface area contributed by atoms with Crippen LogP contribution in [0.5, 0.6) is 0 Å². The van der Waals surface area contributed by atoms with Crippen LogP contribution in [-0.2, 0) is 14.3 Å². The number of para-hydroxylation sites is 1. The Balaban J connectivity index is 0.00000560. The lowest BCUT2D eigenvalue weighted by Crippen LogP contribution is -2.42. The molecule has 0 saturated carbocycles. The van der Waals surface area contributed by atoms with E-state index >= 15 is 0 Å². The fourth-order valence-corrected chi connectivity index (χ4v) is 4.00. The van der Waals surface area contributed by atoms with Crippen LogP contribution in [-0.4, -0.2) is 43.7 Å². The smallest absolute Gasteiger partial charge is 0.429 e. The fourth-order valence-electron chi connectivity index (χ4n) is 3.06. The molecule has 1 atom stereocenters. The topological polar surface area (TPSA) is 102 Å². The Labute approximate surface area is 258 Å². The first-order valence-corrected chi connectivity index (χ1v) is 13.8. The van der Waals surface area contributed by atoms with Gasteiger partial charge >= 0.3 is 6.16 Å². The predicted octanol–water partition coefficient (Wildman–Crippen LogP) is 7.59. The first-order valence-electron chi connectivity index (χ1n) is 11.7. The first kappa shape index (κ1) is 33.5. The molecule has 3 rings (SSSR count). The van der Waals surface area contributed by atoms with Crippen LogP contribution in [0.15, 0.2) is 77.9 Å². The summed E-state index contributed by atoms with van der Waals surface area (Å²) in [6.45, 7) is 5.18. The van der Waals surface area contributed by atoms with Crippen LogP contribution >= 0.6 is 59.0 Å². The molecule has 0 aliphatic rings. The highest BCUT2D eigenvalue weighted by Crippen LogP contribution is 2.32. The van der Waals surface area contributed by atoms with Gasteiger partial charge in [-0.2, -0.15) is 0 Å². The van der Waals surface area contributed by atoms with E-state index in [1.165, 1.54) is 6.08 Å². The molecule has 0 spiro atoms. The van der Waals surface area contributed by atoms with E-state index in [4.69, 9.17) is 44.3 Å². The second-order valence-corrected chi connectivity index (χ2v) is 12.3. The van der Waals surface area contributed by atoms with Crippen LogP contribution in [0.4, 0.5) is 10.5 Å². The largest absolute Gasteiger partial charge is 0.509 e. The quantitative estimate of drug-likeness (QED) is 0.0681. The van der Waals surface area contributed by atoms with Crippen LogP contribution in [0, 0.1) is 0 Å². The van der Waals surface area contributed by atoms with E-state index < -0.39 is 27.6 Å². The average molecular weight is 646 g/mol. The van der Waals surface area contributed by atoms with E-state index in [1.807, 2.05) is 54.6 Å². The molecule has 13 heteroatoms. The number of carbonyl (C=O) groups is 2. The predicted molar refractivity (Wildman–Crippen MR) is 168 cm³/mol. The molecular formula is C27H28Cl4N4O4S. The number of halogens is 4. The number of carbonyl (C=O) groups excluding carboxylic acids is 2. The molecule has 0 radical (unpaired) electrons. The third-order valence-corrected chi connectivity index (χ3v) is 6.04. The molecule has 214 valence electrons. The molecule has 2 aromatic carbocycles. The lowest BCUT2D eigenvalue weighted by atomic mass is 10.2. The third kappa shape index (κ3) is 11.4. The summed E-state index contributed by atoms with van der Waals surface area (Å²) in [5.41, 5.74) is 1.38. The summed E-state index contributed by atoms with van der Waals surface area (Å²) in [6.07, 6.45) is 2.45. The number of rotatable bonds is 7. The van der Waals surface area contributed by atoms with Gasteiger partial charge in [-0.15, -0.1) is 12.4 Å². The number of alkyl halides is 3. The molecule has 0 bridgehead atoms. The van der Waals surface area contributed by atoms with Crippen molar-refractivity contribution in [2.45, 2.75) is 36.3 Å². The molecule has 1 heterocycles. The van der Waals surface area contributed by atoms with Gasteiger partial charge in [-0.25, -0.2) is 9.79 Å². The molecule has 0 aliphatic carbocycles. The number of benzene rings is 2. The van der Waals surface area contributed by atoms with E-state index in [-0.39, 0.29) is 23.5 Å². The van der Waals surface area contributed by atoms with Crippen molar-refractivity contribution >= 4 is 98.9 Å². The second-order valence-electron chi connectivity index (χ2n) is 9.01. The number of hydrogen-bond donors (Lipinski definition) is 2. The molecule has 3 aromatic rings. The fraction of sp³-hybridized carbons (Fsp3) is 0.259. The lowest BCUT2D eigenvalue weighted by molar-refractivity contribution is -0.117. The Morgan fingerprint density at radius 3 is 2.42 bits per heavy atom. The second kappa shape index (κ2) is 15.3. The summed E-state index contributed by atoms with van der Waals surface area (Å²) in [5.74, 6) is -0.701. The summed E-state index contributed by atoms with van der Waals surface area (Å²) in [6, 6.07) is 18.5. The maximum absolute atomic E-state index is 12.7. The van der Waals surface area contributed by atoms with Gasteiger partial charge in [0.25, 0.3) is 0 Å². The van der Waals surface area contributed by atoms with Crippen molar-refractivity contribution in [1.29, 1.82) is 0 Å². The number of pyridine rings is 1. The maximum atomic E-state index is 12.7. The molecule has 1 unspecified atom stereocenters. The molecule has 0 saturated heterocycles. The first-order chi connectivity index (χ1) is 18.4. The number of aliphatic imine (C=N–C) groups is 1.